The molecule has 1 N–H and O–H groups in total. The molecule has 0 bridgehead atoms. The molecule has 26 heavy (non-hydrogen) atoms. The maximum absolute atomic E-state index is 12.2. The first-order valence-electron chi connectivity index (χ1n) is 9.63. The number of hydrogen-bond donors (Lipinski definition) is 1. The van der Waals surface area contributed by atoms with E-state index in [0.29, 0.717) is 23.4 Å². The largest absolute Gasteiger partial charge is 0.441 e. The van der Waals surface area contributed by atoms with Crippen LogP contribution in [-0.4, -0.2) is 16.9 Å². The number of halogens is 1. The molecule has 0 saturated heterocycles. The van der Waals surface area contributed by atoms with Crippen LogP contribution in [0.3, 0.4) is 0 Å². The maximum atomic E-state index is 12.2. The molecule has 1 amide bonds. The third-order valence-electron chi connectivity index (χ3n) is 5.00. The van der Waals surface area contributed by atoms with Crippen LogP contribution in [-0.2, 0) is 11.2 Å². The van der Waals surface area contributed by atoms with E-state index in [4.69, 9.17) is 16.0 Å². The molecule has 1 aliphatic carbocycles. The zero-order chi connectivity index (χ0) is 18.4. The lowest BCUT2D eigenvalue weighted by Gasteiger charge is -2.15. The zero-order valence-electron chi connectivity index (χ0n) is 15.4. The molecule has 0 atom stereocenters. The quantitative estimate of drug-likeness (QED) is 0.682. The predicted octanol–water partition coefficient (Wildman–Crippen LogP) is 5.47. The van der Waals surface area contributed by atoms with Crippen molar-refractivity contribution in [1.82, 2.24) is 10.3 Å². The van der Waals surface area contributed by atoms with Gasteiger partial charge in [-0.3, -0.25) is 4.79 Å². The minimum atomic E-state index is 0.160. The Balaban J connectivity index is 1.49. The zero-order valence-corrected chi connectivity index (χ0v) is 16.1. The highest BCUT2D eigenvalue weighted by Crippen LogP contribution is 2.25. The van der Waals surface area contributed by atoms with Crippen LogP contribution in [0, 0.1) is 6.92 Å². The van der Waals surface area contributed by atoms with Gasteiger partial charge in [0.1, 0.15) is 5.76 Å². The molecule has 1 aromatic carbocycles. The summed E-state index contributed by atoms with van der Waals surface area (Å²) in [5.74, 6) is 1.56. The van der Waals surface area contributed by atoms with Gasteiger partial charge in [-0.05, 0) is 50.8 Å². The Morgan fingerprint density at radius 1 is 1.27 bits per heavy atom. The van der Waals surface area contributed by atoms with Crippen molar-refractivity contribution in [3.63, 3.8) is 0 Å². The lowest BCUT2D eigenvalue weighted by Crippen LogP contribution is -2.34. The van der Waals surface area contributed by atoms with E-state index in [1.807, 2.05) is 31.2 Å². The molecular formula is C21H27ClN2O2. The summed E-state index contributed by atoms with van der Waals surface area (Å²) < 4.78 is 5.78. The number of carbonyl (C=O) groups excluding carboxylic acids is 1. The van der Waals surface area contributed by atoms with Crippen molar-refractivity contribution in [2.24, 2.45) is 0 Å². The summed E-state index contributed by atoms with van der Waals surface area (Å²) in [6.45, 7) is 1.92. The van der Waals surface area contributed by atoms with E-state index in [1.54, 1.807) is 0 Å². The summed E-state index contributed by atoms with van der Waals surface area (Å²) in [7, 11) is 0. The van der Waals surface area contributed by atoms with Gasteiger partial charge in [0.2, 0.25) is 11.8 Å². The highest BCUT2D eigenvalue weighted by molar-refractivity contribution is 6.30. The number of nitrogens with zero attached hydrogens (tertiary/aromatic N) is 1. The SMILES string of the molecule is Cc1oc(-c2cccc(Cl)c2)nc1CCCC(=O)NC1CCCCCC1. The summed E-state index contributed by atoms with van der Waals surface area (Å²) in [6, 6.07) is 7.86. The Morgan fingerprint density at radius 3 is 2.77 bits per heavy atom. The number of hydrogen-bond acceptors (Lipinski definition) is 3. The number of benzene rings is 1. The molecular weight excluding hydrogens is 348 g/mol. The average Bonchev–Trinajstić information content (AvgIpc) is 2.81. The molecule has 5 heteroatoms. The number of rotatable bonds is 6. The minimum Gasteiger partial charge on any atom is -0.441 e. The van der Waals surface area contributed by atoms with Crippen molar-refractivity contribution >= 4 is 17.5 Å². The van der Waals surface area contributed by atoms with Crippen LogP contribution in [0.25, 0.3) is 11.5 Å². The van der Waals surface area contributed by atoms with Crippen molar-refractivity contribution in [3.05, 3.63) is 40.7 Å². The van der Waals surface area contributed by atoms with Gasteiger partial charge in [-0.25, -0.2) is 4.98 Å². The van der Waals surface area contributed by atoms with Gasteiger partial charge in [-0.1, -0.05) is 43.4 Å². The Labute approximate surface area is 160 Å². The van der Waals surface area contributed by atoms with Gasteiger partial charge in [0.05, 0.1) is 5.69 Å². The molecule has 2 aromatic rings. The van der Waals surface area contributed by atoms with Crippen molar-refractivity contribution in [1.29, 1.82) is 0 Å². The van der Waals surface area contributed by atoms with E-state index in [-0.39, 0.29) is 5.91 Å². The van der Waals surface area contributed by atoms with Gasteiger partial charge in [0, 0.05) is 23.0 Å². The van der Waals surface area contributed by atoms with E-state index < -0.39 is 0 Å². The number of oxazole rings is 1. The second kappa shape index (κ2) is 9.22. The first-order chi connectivity index (χ1) is 12.6. The van der Waals surface area contributed by atoms with Crippen LogP contribution >= 0.6 is 11.6 Å². The average molecular weight is 375 g/mol. The summed E-state index contributed by atoms with van der Waals surface area (Å²) >= 11 is 6.04. The van der Waals surface area contributed by atoms with E-state index >= 15 is 0 Å². The Bertz CT molecular complexity index is 733. The number of amides is 1. The van der Waals surface area contributed by atoms with E-state index in [0.717, 1.165) is 42.7 Å². The molecule has 1 aromatic heterocycles. The molecule has 1 aliphatic rings. The molecule has 0 aliphatic heterocycles. The topological polar surface area (TPSA) is 55.1 Å². The van der Waals surface area contributed by atoms with E-state index in [1.165, 1.54) is 25.7 Å². The molecule has 1 fully saturated rings. The first kappa shape index (κ1) is 19.0. The second-order valence-electron chi connectivity index (χ2n) is 7.14. The minimum absolute atomic E-state index is 0.160. The smallest absolute Gasteiger partial charge is 0.226 e. The molecule has 140 valence electrons. The number of nitrogens with one attached hydrogen (secondary N) is 1. The van der Waals surface area contributed by atoms with E-state index in [2.05, 4.69) is 10.3 Å². The molecule has 3 rings (SSSR count). The highest BCUT2D eigenvalue weighted by Gasteiger charge is 2.16. The number of aromatic nitrogens is 1. The van der Waals surface area contributed by atoms with Crippen molar-refractivity contribution in [3.8, 4) is 11.5 Å². The van der Waals surface area contributed by atoms with Crippen LogP contribution in [0.5, 0.6) is 0 Å². The third kappa shape index (κ3) is 5.34. The Kier molecular flexibility index (Phi) is 6.73. The fraction of sp³-hybridized carbons (Fsp3) is 0.524. The highest BCUT2D eigenvalue weighted by atomic mass is 35.5. The lowest BCUT2D eigenvalue weighted by molar-refractivity contribution is -0.121. The van der Waals surface area contributed by atoms with Crippen LogP contribution in [0.2, 0.25) is 5.02 Å². The van der Waals surface area contributed by atoms with Crippen molar-refractivity contribution < 1.29 is 9.21 Å². The van der Waals surface area contributed by atoms with Gasteiger partial charge in [-0.15, -0.1) is 0 Å². The maximum Gasteiger partial charge on any atom is 0.226 e. The molecule has 0 radical (unpaired) electrons. The lowest BCUT2D eigenvalue weighted by atomic mass is 10.1. The van der Waals surface area contributed by atoms with Gasteiger partial charge in [0.15, 0.2) is 0 Å². The van der Waals surface area contributed by atoms with Crippen LogP contribution < -0.4 is 5.32 Å². The van der Waals surface area contributed by atoms with Gasteiger partial charge in [0.25, 0.3) is 0 Å². The summed E-state index contributed by atoms with van der Waals surface area (Å²) in [4.78, 5) is 16.8. The predicted molar refractivity (Wildman–Crippen MR) is 104 cm³/mol. The standard InChI is InChI=1S/C21H27ClN2O2/c1-15-19(24-21(26-15)16-8-6-9-17(22)14-16)12-7-13-20(25)23-18-10-4-2-3-5-11-18/h6,8-9,14,18H,2-5,7,10-13H2,1H3,(H,23,25). The molecule has 0 spiro atoms. The van der Waals surface area contributed by atoms with Crippen molar-refractivity contribution in [2.45, 2.75) is 70.8 Å². The normalized spacial score (nSPS) is 15.6. The fourth-order valence-electron chi connectivity index (χ4n) is 3.54. The monoisotopic (exact) mass is 374 g/mol. The molecule has 4 nitrogen and oxygen atoms in total. The first-order valence-corrected chi connectivity index (χ1v) is 10.0. The van der Waals surface area contributed by atoms with Crippen LogP contribution in [0.15, 0.2) is 28.7 Å². The second-order valence-corrected chi connectivity index (χ2v) is 7.58. The Hall–Kier alpha value is -1.81. The van der Waals surface area contributed by atoms with Gasteiger partial charge >= 0.3 is 0 Å². The van der Waals surface area contributed by atoms with Crippen LogP contribution in [0.4, 0.5) is 0 Å². The number of carbonyl (C=O) groups is 1. The summed E-state index contributed by atoms with van der Waals surface area (Å²) in [5, 5.41) is 3.86. The summed E-state index contributed by atoms with van der Waals surface area (Å²) in [6.07, 6.45) is 9.36. The third-order valence-corrected chi connectivity index (χ3v) is 5.24. The number of aryl methyl sites for hydroxylation is 2. The van der Waals surface area contributed by atoms with E-state index in [9.17, 15) is 4.79 Å². The Morgan fingerprint density at radius 2 is 2.04 bits per heavy atom. The van der Waals surface area contributed by atoms with Gasteiger partial charge < -0.3 is 9.73 Å². The van der Waals surface area contributed by atoms with Gasteiger partial charge in [-0.2, -0.15) is 0 Å². The summed E-state index contributed by atoms with van der Waals surface area (Å²) in [5.41, 5.74) is 1.79. The molecule has 1 saturated carbocycles. The van der Waals surface area contributed by atoms with Crippen LogP contribution in [0.1, 0.15) is 62.8 Å². The molecule has 1 heterocycles. The fourth-order valence-corrected chi connectivity index (χ4v) is 3.74. The van der Waals surface area contributed by atoms with Crippen molar-refractivity contribution in [2.75, 3.05) is 0 Å². The molecule has 0 unspecified atom stereocenters.